The highest BCUT2D eigenvalue weighted by atomic mass is 32.2. The van der Waals surface area contributed by atoms with Gasteiger partial charge >= 0.3 is 0 Å². The van der Waals surface area contributed by atoms with Crippen LogP contribution >= 0.6 is 11.8 Å². The van der Waals surface area contributed by atoms with E-state index in [0.717, 1.165) is 12.1 Å². The van der Waals surface area contributed by atoms with Crippen molar-refractivity contribution in [3.05, 3.63) is 0 Å². The maximum Gasteiger partial charge on any atom is 0.0195 e. The lowest BCUT2D eigenvalue weighted by Crippen LogP contribution is -2.40. The van der Waals surface area contributed by atoms with Gasteiger partial charge < -0.3 is 5.32 Å². The van der Waals surface area contributed by atoms with Crippen molar-refractivity contribution in [2.45, 2.75) is 58.5 Å². The van der Waals surface area contributed by atoms with Gasteiger partial charge in [0.25, 0.3) is 0 Å². The fraction of sp³-hybridized carbons (Fsp3) is 1.00. The van der Waals surface area contributed by atoms with E-state index < -0.39 is 0 Å². The van der Waals surface area contributed by atoms with Crippen LogP contribution in [-0.2, 0) is 0 Å². The highest BCUT2D eigenvalue weighted by molar-refractivity contribution is 7.99. The predicted molar refractivity (Wildman–Crippen MR) is 80.0 cm³/mol. The number of thioether (sulfide) groups is 1. The molecule has 17 heavy (non-hydrogen) atoms. The third-order valence-electron chi connectivity index (χ3n) is 3.65. The van der Waals surface area contributed by atoms with Gasteiger partial charge in [-0.15, -0.1) is 0 Å². The van der Waals surface area contributed by atoms with E-state index in [1.165, 1.54) is 56.8 Å². The van der Waals surface area contributed by atoms with Crippen molar-refractivity contribution in [1.82, 2.24) is 10.2 Å². The molecule has 0 aromatic rings. The molecule has 0 radical (unpaired) electrons. The zero-order chi connectivity index (χ0) is 12.5. The molecule has 2 unspecified atom stereocenters. The van der Waals surface area contributed by atoms with Crippen LogP contribution in [0.1, 0.15) is 46.5 Å². The Bertz CT molecular complexity index is 187. The van der Waals surface area contributed by atoms with E-state index in [2.05, 4.69) is 42.7 Å². The number of rotatable bonds is 7. The molecule has 0 aromatic heterocycles. The quantitative estimate of drug-likeness (QED) is 0.707. The van der Waals surface area contributed by atoms with Gasteiger partial charge in [0, 0.05) is 18.6 Å². The topological polar surface area (TPSA) is 15.3 Å². The van der Waals surface area contributed by atoms with E-state index in [1.807, 2.05) is 0 Å². The molecule has 1 aliphatic heterocycles. The number of nitrogens with one attached hydrogen (secondary N) is 1. The standard InChI is InChI=1S/C14H30N2S/c1-4-7-14-12-16(10-6-11-17-5-2)13(3)8-9-15-14/h13-15H,4-12H2,1-3H3. The van der Waals surface area contributed by atoms with Crippen LogP contribution in [0.15, 0.2) is 0 Å². The van der Waals surface area contributed by atoms with Crippen molar-refractivity contribution < 1.29 is 0 Å². The molecule has 0 saturated carbocycles. The molecule has 2 nitrogen and oxygen atoms in total. The van der Waals surface area contributed by atoms with Gasteiger partial charge in [-0.2, -0.15) is 11.8 Å². The molecule has 2 atom stereocenters. The summed E-state index contributed by atoms with van der Waals surface area (Å²) < 4.78 is 0. The molecule has 1 saturated heterocycles. The molecule has 0 amide bonds. The van der Waals surface area contributed by atoms with Crippen molar-refractivity contribution >= 4 is 11.8 Å². The number of nitrogens with zero attached hydrogens (tertiary/aromatic N) is 1. The average molecular weight is 258 g/mol. The average Bonchev–Trinajstić information content (AvgIpc) is 2.48. The zero-order valence-electron chi connectivity index (χ0n) is 11.9. The van der Waals surface area contributed by atoms with Crippen LogP contribution in [0.25, 0.3) is 0 Å². The third kappa shape index (κ3) is 6.12. The lowest BCUT2D eigenvalue weighted by Gasteiger charge is -2.29. The summed E-state index contributed by atoms with van der Waals surface area (Å²) in [7, 11) is 0. The van der Waals surface area contributed by atoms with Gasteiger partial charge in [0.15, 0.2) is 0 Å². The van der Waals surface area contributed by atoms with Crippen LogP contribution in [0.5, 0.6) is 0 Å². The Kier molecular flexibility index (Phi) is 8.33. The molecular weight excluding hydrogens is 228 g/mol. The van der Waals surface area contributed by atoms with E-state index in [1.54, 1.807) is 0 Å². The van der Waals surface area contributed by atoms with Crippen molar-refractivity contribution in [1.29, 1.82) is 0 Å². The van der Waals surface area contributed by atoms with E-state index in [9.17, 15) is 0 Å². The SMILES string of the molecule is CCCC1CN(CCCSCC)C(C)CCN1. The van der Waals surface area contributed by atoms with Crippen LogP contribution in [0, 0.1) is 0 Å². The molecule has 1 N–H and O–H groups in total. The van der Waals surface area contributed by atoms with Gasteiger partial charge in [0.05, 0.1) is 0 Å². The van der Waals surface area contributed by atoms with Crippen LogP contribution < -0.4 is 5.32 Å². The monoisotopic (exact) mass is 258 g/mol. The molecule has 0 spiro atoms. The largest absolute Gasteiger partial charge is 0.313 e. The van der Waals surface area contributed by atoms with Gasteiger partial charge in [-0.05, 0) is 50.8 Å². The second-order valence-electron chi connectivity index (χ2n) is 5.12. The van der Waals surface area contributed by atoms with E-state index in [0.29, 0.717) is 0 Å². The van der Waals surface area contributed by atoms with E-state index in [4.69, 9.17) is 0 Å². The van der Waals surface area contributed by atoms with Gasteiger partial charge in [-0.25, -0.2) is 0 Å². The second-order valence-corrected chi connectivity index (χ2v) is 6.52. The zero-order valence-corrected chi connectivity index (χ0v) is 12.7. The van der Waals surface area contributed by atoms with Gasteiger partial charge in [0.2, 0.25) is 0 Å². The molecule has 102 valence electrons. The Labute approximate surface area is 112 Å². The first-order valence-corrected chi connectivity index (χ1v) is 8.48. The summed E-state index contributed by atoms with van der Waals surface area (Å²) in [5.41, 5.74) is 0. The maximum atomic E-state index is 3.70. The second kappa shape index (κ2) is 9.23. The van der Waals surface area contributed by atoms with Crippen molar-refractivity contribution in [3.8, 4) is 0 Å². The molecule has 1 rings (SSSR count). The summed E-state index contributed by atoms with van der Waals surface area (Å²) in [6, 6.07) is 1.49. The first kappa shape index (κ1) is 15.3. The van der Waals surface area contributed by atoms with Crippen LogP contribution in [0.2, 0.25) is 0 Å². The summed E-state index contributed by atoms with van der Waals surface area (Å²) in [6.07, 6.45) is 5.28. The lowest BCUT2D eigenvalue weighted by atomic mass is 10.1. The Morgan fingerprint density at radius 3 is 2.88 bits per heavy atom. The fourth-order valence-corrected chi connectivity index (χ4v) is 3.20. The summed E-state index contributed by atoms with van der Waals surface area (Å²) in [5.74, 6) is 2.58. The number of hydrogen-bond acceptors (Lipinski definition) is 3. The molecule has 1 heterocycles. The predicted octanol–water partition coefficient (Wildman–Crippen LogP) is 2.98. The smallest absolute Gasteiger partial charge is 0.0195 e. The maximum absolute atomic E-state index is 3.70. The minimum atomic E-state index is 0.726. The normalized spacial score (nSPS) is 27.0. The molecule has 0 aromatic carbocycles. The lowest BCUT2D eigenvalue weighted by molar-refractivity contribution is 0.203. The Morgan fingerprint density at radius 1 is 1.35 bits per heavy atom. The molecular formula is C14H30N2S. The van der Waals surface area contributed by atoms with Gasteiger partial charge in [-0.1, -0.05) is 20.3 Å². The minimum Gasteiger partial charge on any atom is -0.313 e. The van der Waals surface area contributed by atoms with Crippen molar-refractivity contribution in [2.24, 2.45) is 0 Å². The summed E-state index contributed by atoms with van der Waals surface area (Å²) in [5, 5.41) is 3.70. The third-order valence-corrected chi connectivity index (χ3v) is 4.63. The first-order valence-electron chi connectivity index (χ1n) is 7.33. The Morgan fingerprint density at radius 2 is 2.18 bits per heavy atom. The molecule has 0 bridgehead atoms. The molecule has 1 fully saturated rings. The Hall–Kier alpha value is 0.270. The van der Waals surface area contributed by atoms with Crippen molar-refractivity contribution in [3.63, 3.8) is 0 Å². The first-order chi connectivity index (χ1) is 8.27. The van der Waals surface area contributed by atoms with Gasteiger partial charge in [-0.3, -0.25) is 4.90 Å². The molecule has 0 aliphatic carbocycles. The highest BCUT2D eigenvalue weighted by Gasteiger charge is 2.21. The summed E-state index contributed by atoms with van der Waals surface area (Å²) in [4.78, 5) is 2.70. The summed E-state index contributed by atoms with van der Waals surface area (Å²) >= 11 is 2.07. The van der Waals surface area contributed by atoms with Crippen LogP contribution in [0.3, 0.4) is 0 Å². The Balaban J connectivity index is 2.31. The molecule has 1 aliphatic rings. The summed E-state index contributed by atoms with van der Waals surface area (Å²) in [6.45, 7) is 10.7. The van der Waals surface area contributed by atoms with Crippen LogP contribution in [0.4, 0.5) is 0 Å². The van der Waals surface area contributed by atoms with Crippen LogP contribution in [-0.4, -0.2) is 48.1 Å². The van der Waals surface area contributed by atoms with E-state index >= 15 is 0 Å². The number of hydrogen-bond donors (Lipinski definition) is 1. The molecule has 3 heteroatoms. The fourth-order valence-electron chi connectivity index (χ4n) is 2.57. The minimum absolute atomic E-state index is 0.726. The van der Waals surface area contributed by atoms with Crippen molar-refractivity contribution in [2.75, 3.05) is 31.1 Å². The van der Waals surface area contributed by atoms with E-state index in [-0.39, 0.29) is 0 Å². The highest BCUT2D eigenvalue weighted by Crippen LogP contribution is 2.13. The van der Waals surface area contributed by atoms with Gasteiger partial charge in [0.1, 0.15) is 0 Å².